The van der Waals surface area contributed by atoms with E-state index in [9.17, 15) is 0 Å². The summed E-state index contributed by atoms with van der Waals surface area (Å²) in [5.41, 5.74) is 2.36. The number of hydrogen-bond acceptors (Lipinski definition) is 4. The van der Waals surface area contributed by atoms with Crippen molar-refractivity contribution >= 4 is 28.7 Å². The maximum Gasteiger partial charge on any atom is 0.170 e. The summed E-state index contributed by atoms with van der Waals surface area (Å²) < 4.78 is 5.37. The van der Waals surface area contributed by atoms with Crippen molar-refractivity contribution in [1.29, 1.82) is 0 Å². The van der Waals surface area contributed by atoms with Gasteiger partial charge in [0.25, 0.3) is 0 Å². The number of piperidine rings is 1. The van der Waals surface area contributed by atoms with E-state index >= 15 is 0 Å². The van der Waals surface area contributed by atoms with E-state index in [1.165, 1.54) is 24.9 Å². The van der Waals surface area contributed by atoms with Gasteiger partial charge in [-0.05, 0) is 43.6 Å². The second-order valence-corrected chi connectivity index (χ2v) is 6.81. The Morgan fingerprint density at radius 2 is 1.79 bits per heavy atom. The third-order valence-corrected chi connectivity index (χ3v) is 4.91. The summed E-state index contributed by atoms with van der Waals surface area (Å²) in [4.78, 5) is 4.86. The van der Waals surface area contributed by atoms with Crippen LogP contribution in [0.25, 0.3) is 0 Å². The van der Waals surface area contributed by atoms with E-state index in [4.69, 9.17) is 17.0 Å². The number of rotatable bonds is 5. The van der Waals surface area contributed by atoms with E-state index in [0.29, 0.717) is 5.11 Å². The third-order valence-electron chi connectivity index (χ3n) is 4.67. The van der Waals surface area contributed by atoms with Gasteiger partial charge in [-0.25, -0.2) is 0 Å². The summed E-state index contributed by atoms with van der Waals surface area (Å²) in [5, 5.41) is 7.41. The van der Waals surface area contributed by atoms with Gasteiger partial charge in [-0.1, -0.05) is 12.1 Å². The number of morpholine rings is 1. The molecule has 0 unspecified atom stereocenters. The van der Waals surface area contributed by atoms with E-state index in [-0.39, 0.29) is 0 Å². The first-order chi connectivity index (χ1) is 11.8. The Bertz CT molecular complexity index is 528. The normalized spacial score (nSPS) is 19.1. The summed E-state index contributed by atoms with van der Waals surface area (Å²) in [5.74, 6) is 0. The van der Waals surface area contributed by atoms with Crippen molar-refractivity contribution in [2.45, 2.75) is 19.3 Å². The van der Waals surface area contributed by atoms with E-state index in [0.717, 1.165) is 58.2 Å². The lowest BCUT2D eigenvalue weighted by Crippen LogP contribution is -2.42. The molecule has 0 bridgehead atoms. The Labute approximate surface area is 150 Å². The first-order valence-electron chi connectivity index (χ1n) is 9.02. The quantitative estimate of drug-likeness (QED) is 0.796. The van der Waals surface area contributed by atoms with Crippen molar-refractivity contribution < 1.29 is 4.74 Å². The summed E-state index contributed by atoms with van der Waals surface area (Å²) in [6, 6.07) is 8.46. The van der Waals surface area contributed by atoms with E-state index in [2.05, 4.69) is 44.7 Å². The average Bonchev–Trinajstić information content (AvgIpc) is 2.64. The molecule has 5 nitrogen and oxygen atoms in total. The highest BCUT2D eigenvalue weighted by atomic mass is 32.1. The van der Waals surface area contributed by atoms with Gasteiger partial charge in [-0.15, -0.1) is 0 Å². The van der Waals surface area contributed by atoms with Crippen molar-refractivity contribution in [3.8, 4) is 0 Å². The van der Waals surface area contributed by atoms with Crippen LogP contribution < -0.4 is 15.5 Å². The Morgan fingerprint density at radius 3 is 2.58 bits per heavy atom. The van der Waals surface area contributed by atoms with Crippen LogP contribution in [0.1, 0.15) is 19.3 Å². The molecule has 2 aliphatic heterocycles. The van der Waals surface area contributed by atoms with Gasteiger partial charge in [0.05, 0.1) is 24.6 Å². The number of benzene rings is 1. The molecule has 2 saturated heterocycles. The van der Waals surface area contributed by atoms with Crippen molar-refractivity contribution in [2.75, 3.05) is 62.7 Å². The van der Waals surface area contributed by atoms with Crippen LogP contribution >= 0.6 is 12.2 Å². The monoisotopic (exact) mass is 348 g/mol. The van der Waals surface area contributed by atoms with Gasteiger partial charge in [0.1, 0.15) is 0 Å². The second-order valence-electron chi connectivity index (χ2n) is 6.40. The number of hydrogen-bond donors (Lipinski definition) is 2. The van der Waals surface area contributed by atoms with Gasteiger partial charge >= 0.3 is 0 Å². The van der Waals surface area contributed by atoms with Gasteiger partial charge in [0.2, 0.25) is 0 Å². The molecule has 6 heteroatoms. The molecule has 0 atom stereocenters. The van der Waals surface area contributed by atoms with Crippen molar-refractivity contribution in [2.24, 2.45) is 0 Å². The number of ether oxygens (including phenoxy) is 1. The first kappa shape index (κ1) is 17.5. The smallest absolute Gasteiger partial charge is 0.170 e. The van der Waals surface area contributed by atoms with Gasteiger partial charge in [0.15, 0.2) is 5.11 Å². The molecule has 2 fully saturated rings. The molecule has 0 radical (unpaired) electrons. The maximum atomic E-state index is 5.48. The van der Waals surface area contributed by atoms with Crippen LogP contribution in [0.15, 0.2) is 24.3 Å². The van der Waals surface area contributed by atoms with Gasteiger partial charge < -0.3 is 20.3 Å². The molecule has 0 aliphatic carbocycles. The molecule has 1 aromatic carbocycles. The molecular weight excluding hydrogens is 320 g/mol. The fraction of sp³-hybridized carbons (Fsp3) is 0.611. The zero-order chi connectivity index (χ0) is 16.6. The molecule has 132 valence electrons. The van der Waals surface area contributed by atoms with Crippen LogP contribution in [0.5, 0.6) is 0 Å². The molecule has 0 aromatic heterocycles. The van der Waals surface area contributed by atoms with Crippen LogP contribution in [0.4, 0.5) is 11.4 Å². The molecule has 0 amide bonds. The largest absolute Gasteiger partial charge is 0.379 e. The summed E-state index contributed by atoms with van der Waals surface area (Å²) in [7, 11) is 0. The summed E-state index contributed by atoms with van der Waals surface area (Å²) in [6.07, 6.45) is 3.89. The minimum atomic E-state index is 0.702. The van der Waals surface area contributed by atoms with Crippen LogP contribution in [-0.2, 0) is 4.74 Å². The third kappa shape index (κ3) is 5.06. The zero-order valence-electron chi connectivity index (χ0n) is 14.3. The number of nitrogens with one attached hydrogen (secondary N) is 2. The Balaban J connectivity index is 1.48. The minimum absolute atomic E-state index is 0.702. The fourth-order valence-corrected chi connectivity index (χ4v) is 3.52. The molecule has 24 heavy (non-hydrogen) atoms. The second kappa shape index (κ2) is 9.20. The maximum absolute atomic E-state index is 5.48. The lowest BCUT2D eigenvalue weighted by atomic mass is 10.1. The van der Waals surface area contributed by atoms with E-state index in [1.807, 2.05) is 0 Å². The molecule has 0 saturated carbocycles. The first-order valence-corrected chi connectivity index (χ1v) is 9.43. The Morgan fingerprint density at radius 1 is 1.04 bits per heavy atom. The van der Waals surface area contributed by atoms with Crippen molar-refractivity contribution in [1.82, 2.24) is 10.2 Å². The molecule has 3 rings (SSSR count). The average molecular weight is 349 g/mol. The molecule has 2 heterocycles. The lowest BCUT2D eigenvalue weighted by Gasteiger charge is -2.31. The van der Waals surface area contributed by atoms with Crippen molar-refractivity contribution in [3.63, 3.8) is 0 Å². The highest BCUT2D eigenvalue weighted by Gasteiger charge is 2.15. The zero-order valence-corrected chi connectivity index (χ0v) is 15.1. The van der Waals surface area contributed by atoms with Gasteiger partial charge in [-0.2, -0.15) is 0 Å². The molecule has 0 spiro atoms. The molecule has 1 aromatic rings. The number of nitrogens with zero attached hydrogens (tertiary/aromatic N) is 2. The van der Waals surface area contributed by atoms with Crippen LogP contribution in [0.3, 0.4) is 0 Å². The SMILES string of the molecule is S=C(NCCN1CCOCC1)Nc1ccccc1N1CCCCC1. The number of anilines is 2. The topological polar surface area (TPSA) is 39.8 Å². The summed E-state index contributed by atoms with van der Waals surface area (Å²) >= 11 is 5.48. The van der Waals surface area contributed by atoms with Gasteiger partial charge in [-0.3, -0.25) is 4.90 Å². The van der Waals surface area contributed by atoms with E-state index < -0.39 is 0 Å². The highest BCUT2D eigenvalue weighted by Crippen LogP contribution is 2.28. The number of para-hydroxylation sites is 2. The molecular formula is C18H28N4OS. The van der Waals surface area contributed by atoms with Gasteiger partial charge in [0, 0.05) is 39.3 Å². The minimum Gasteiger partial charge on any atom is -0.379 e. The fourth-order valence-electron chi connectivity index (χ4n) is 3.31. The van der Waals surface area contributed by atoms with Crippen LogP contribution in [0, 0.1) is 0 Å². The lowest BCUT2D eigenvalue weighted by molar-refractivity contribution is 0.0389. The van der Waals surface area contributed by atoms with E-state index in [1.54, 1.807) is 0 Å². The predicted octanol–water partition coefficient (Wildman–Crippen LogP) is 2.30. The van der Waals surface area contributed by atoms with Crippen LogP contribution in [0.2, 0.25) is 0 Å². The van der Waals surface area contributed by atoms with Crippen LogP contribution in [-0.4, -0.2) is 62.5 Å². The molecule has 2 aliphatic rings. The highest BCUT2D eigenvalue weighted by molar-refractivity contribution is 7.80. The predicted molar refractivity (Wildman–Crippen MR) is 104 cm³/mol. The standard InChI is InChI=1S/C18H28N4OS/c24-18(19-8-11-21-12-14-23-15-13-21)20-16-6-2-3-7-17(16)22-9-4-1-5-10-22/h2-3,6-7H,1,4-5,8-15H2,(H2,19,20,24). The molecule has 2 N–H and O–H groups in total. The summed E-state index contributed by atoms with van der Waals surface area (Å²) in [6.45, 7) is 7.83. The number of thiocarbonyl (C=S) groups is 1. The Hall–Kier alpha value is -1.37. The van der Waals surface area contributed by atoms with Crippen molar-refractivity contribution in [3.05, 3.63) is 24.3 Å². The Kier molecular flexibility index (Phi) is 6.69.